The molecule has 0 saturated carbocycles. The van der Waals surface area contributed by atoms with Gasteiger partial charge in [0, 0.05) is 12.2 Å². The lowest BCUT2D eigenvalue weighted by Gasteiger charge is -2.31. The highest BCUT2D eigenvalue weighted by atomic mass is 16.7. The van der Waals surface area contributed by atoms with Gasteiger partial charge in [-0.3, -0.25) is 0 Å². The van der Waals surface area contributed by atoms with Crippen LogP contribution in [0.1, 0.15) is 80.4 Å². The monoisotopic (exact) mass is 334 g/mol. The summed E-state index contributed by atoms with van der Waals surface area (Å²) in [4.78, 5) is 0. The molecule has 0 aliphatic rings. The van der Waals surface area contributed by atoms with Crippen molar-refractivity contribution in [1.29, 1.82) is 0 Å². The van der Waals surface area contributed by atoms with E-state index in [-0.39, 0.29) is 23.0 Å². The Hall–Kier alpha value is -0.995. The largest absolute Gasteiger partial charge is 0.713 e. The highest BCUT2D eigenvalue weighted by Gasteiger charge is 2.33. The topological polar surface area (TPSA) is 27.7 Å². The highest BCUT2D eigenvalue weighted by Crippen LogP contribution is 2.40. The summed E-state index contributed by atoms with van der Waals surface area (Å²) in [6, 6.07) is 6.37. The van der Waals surface area contributed by atoms with Gasteiger partial charge in [0.15, 0.2) is 0 Å². The molecule has 0 unspecified atom stereocenters. The van der Waals surface area contributed by atoms with E-state index in [9.17, 15) is 0 Å². The van der Waals surface area contributed by atoms with E-state index in [0.29, 0.717) is 0 Å². The van der Waals surface area contributed by atoms with Crippen molar-refractivity contribution in [3.63, 3.8) is 0 Å². The number of hydrogen-bond acceptors (Lipinski definition) is 3. The normalized spacial score (nSPS) is 12.8. The minimum Gasteiger partial charge on any atom is -0.511 e. The average molecular weight is 334 g/mol. The molecule has 0 spiro atoms. The standard InChI is InChI=1S/C20H35BO3/c1-14(2)22-21(23-15(3)4)24-18-16(19(5,6)7)12-11-13-17(18)20(8,9)10/h11-15H,1-10H3. The van der Waals surface area contributed by atoms with Gasteiger partial charge in [-0.2, -0.15) is 0 Å². The van der Waals surface area contributed by atoms with E-state index in [1.807, 2.05) is 27.7 Å². The van der Waals surface area contributed by atoms with E-state index in [4.69, 9.17) is 14.0 Å². The second-order valence-electron chi connectivity index (χ2n) is 8.96. The zero-order valence-corrected chi connectivity index (χ0v) is 17.2. The number of benzene rings is 1. The molecule has 0 aromatic heterocycles. The van der Waals surface area contributed by atoms with Crippen molar-refractivity contribution in [3.05, 3.63) is 29.3 Å². The van der Waals surface area contributed by atoms with Gasteiger partial charge in [0.05, 0.1) is 0 Å². The van der Waals surface area contributed by atoms with E-state index in [0.717, 1.165) is 5.75 Å². The van der Waals surface area contributed by atoms with Gasteiger partial charge in [-0.25, -0.2) is 0 Å². The van der Waals surface area contributed by atoms with Crippen LogP contribution in [0, 0.1) is 0 Å². The van der Waals surface area contributed by atoms with Crippen LogP contribution >= 0.6 is 0 Å². The molecule has 24 heavy (non-hydrogen) atoms. The lowest BCUT2D eigenvalue weighted by Crippen LogP contribution is -2.37. The van der Waals surface area contributed by atoms with Gasteiger partial charge in [0.25, 0.3) is 0 Å². The van der Waals surface area contributed by atoms with Crippen molar-refractivity contribution in [2.75, 3.05) is 0 Å². The third-order valence-corrected chi connectivity index (χ3v) is 3.61. The van der Waals surface area contributed by atoms with Gasteiger partial charge >= 0.3 is 7.32 Å². The van der Waals surface area contributed by atoms with Gasteiger partial charge in [-0.15, -0.1) is 0 Å². The molecule has 1 aromatic rings. The Bertz CT molecular complexity index is 482. The van der Waals surface area contributed by atoms with Crippen molar-refractivity contribution >= 4 is 7.32 Å². The van der Waals surface area contributed by atoms with Gasteiger partial charge in [-0.1, -0.05) is 59.7 Å². The van der Waals surface area contributed by atoms with Crippen LogP contribution in [0.3, 0.4) is 0 Å². The Balaban J connectivity index is 3.36. The molecule has 0 amide bonds. The van der Waals surface area contributed by atoms with Crippen molar-refractivity contribution in [1.82, 2.24) is 0 Å². The minimum atomic E-state index is -0.713. The van der Waals surface area contributed by atoms with Gasteiger partial charge in [-0.05, 0) is 49.7 Å². The summed E-state index contributed by atoms with van der Waals surface area (Å²) in [5.41, 5.74) is 2.27. The predicted molar refractivity (Wildman–Crippen MR) is 103 cm³/mol. The molecule has 0 atom stereocenters. The molecule has 0 radical (unpaired) electrons. The number of para-hydroxylation sites is 1. The Morgan fingerprint density at radius 2 is 1.12 bits per heavy atom. The highest BCUT2D eigenvalue weighted by molar-refractivity contribution is 6.37. The maximum Gasteiger partial charge on any atom is 0.713 e. The summed E-state index contributed by atoms with van der Waals surface area (Å²) in [7, 11) is -0.713. The quantitative estimate of drug-likeness (QED) is 0.643. The summed E-state index contributed by atoms with van der Waals surface area (Å²) in [6.07, 6.45) is 0.0438. The van der Waals surface area contributed by atoms with Crippen LogP contribution < -0.4 is 4.65 Å². The van der Waals surface area contributed by atoms with Gasteiger partial charge in [0.1, 0.15) is 5.75 Å². The Labute approximate surface area is 149 Å². The summed E-state index contributed by atoms with van der Waals surface area (Å²) < 4.78 is 18.0. The van der Waals surface area contributed by atoms with E-state index in [1.54, 1.807) is 0 Å². The molecule has 0 heterocycles. The van der Waals surface area contributed by atoms with E-state index >= 15 is 0 Å². The van der Waals surface area contributed by atoms with Gasteiger partial charge in [0.2, 0.25) is 0 Å². The zero-order chi connectivity index (χ0) is 18.7. The van der Waals surface area contributed by atoms with Crippen molar-refractivity contribution in [2.45, 2.75) is 92.3 Å². The molecule has 4 heteroatoms. The maximum atomic E-state index is 6.31. The minimum absolute atomic E-state index is 0.0219. The van der Waals surface area contributed by atoms with Crippen LogP contribution in [-0.2, 0) is 20.1 Å². The average Bonchev–Trinajstić information content (AvgIpc) is 2.34. The third-order valence-electron chi connectivity index (χ3n) is 3.61. The predicted octanol–water partition coefficient (Wildman–Crippen LogP) is 5.50. The van der Waals surface area contributed by atoms with Crippen LogP contribution in [0.5, 0.6) is 5.75 Å². The van der Waals surface area contributed by atoms with Crippen molar-refractivity contribution in [2.24, 2.45) is 0 Å². The molecule has 1 rings (SSSR count). The van der Waals surface area contributed by atoms with E-state index in [1.165, 1.54) is 11.1 Å². The Kier molecular flexibility index (Phi) is 6.95. The fraction of sp³-hybridized carbons (Fsp3) is 0.700. The number of hydrogen-bond donors (Lipinski definition) is 0. The first kappa shape index (κ1) is 21.0. The Morgan fingerprint density at radius 3 is 1.42 bits per heavy atom. The molecule has 0 saturated heterocycles. The third kappa shape index (κ3) is 6.14. The molecule has 136 valence electrons. The van der Waals surface area contributed by atoms with Crippen molar-refractivity contribution in [3.8, 4) is 5.75 Å². The lowest BCUT2D eigenvalue weighted by atomic mass is 9.79. The molecule has 0 bridgehead atoms. The van der Waals surface area contributed by atoms with E-state index < -0.39 is 7.32 Å². The zero-order valence-electron chi connectivity index (χ0n) is 17.2. The molecule has 0 fully saturated rings. The van der Waals surface area contributed by atoms with Gasteiger partial charge < -0.3 is 14.0 Å². The SMILES string of the molecule is CC(C)OB(Oc1c(C(C)(C)C)cccc1C(C)(C)C)OC(C)C. The summed E-state index contributed by atoms with van der Waals surface area (Å²) in [5.74, 6) is 0.879. The molecule has 0 aliphatic heterocycles. The van der Waals surface area contributed by atoms with Crippen LogP contribution in [0.15, 0.2) is 18.2 Å². The molecular formula is C20H35BO3. The summed E-state index contributed by atoms with van der Waals surface area (Å²) in [6.45, 7) is 21.1. The first-order chi connectivity index (χ1) is 10.8. The van der Waals surface area contributed by atoms with Crippen LogP contribution in [0.25, 0.3) is 0 Å². The van der Waals surface area contributed by atoms with Crippen LogP contribution in [0.2, 0.25) is 0 Å². The van der Waals surface area contributed by atoms with Crippen LogP contribution in [0.4, 0.5) is 0 Å². The number of rotatable bonds is 6. The fourth-order valence-corrected chi connectivity index (χ4v) is 2.47. The maximum absolute atomic E-state index is 6.31. The molecule has 0 N–H and O–H groups in total. The lowest BCUT2D eigenvalue weighted by molar-refractivity contribution is 0.0839. The first-order valence-corrected chi connectivity index (χ1v) is 8.94. The molecule has 3 nitrogen and oxygen atoms in total. The molecule has 0 aliphatic carbocycles. The second-order valence-corrected chi connectivity index (χ2v) is 8.96. The molecular weight excluding hydrogens is 299 g/mol. The first-order valence-electron chi connectivity index (χ1n) is 8.94. The summed E-state index contributed by atoms with van der Waals surface area (Å²) in [5, 5.41) is 0. The second kappa shape index (κ2) is 7.92. The smallest absolute Gasteiger partial charge is 0.511 e. The molecule has 1 aromatic carbocycles. The van der Waals surface area contributed by atoms with E-state index in [2.05, 4.69) is 59.7 Å². The fourth-order valence-electron chi connectivity index (χ4n) is 2.47. The summed E-state index contributed by atoms with van der Waals surface area (Å²) >= 11 is 0. The Morgan fingerprint density at radius 1 is 0.750 bits per heavy atom. The van der Waals surface area contributed by atoms with Crippen molar-refractivity contribution < 1.29 is 14.0 Å². The van der Waals surface area contributed by atoms with Crippen LogP contribution in [-0.4, -0.2) is 19.5 Å².